The number of ether oxygens (including phenoxy) is 1. The third-order valence-corrected chi connectivity index (χ3v) is 3.03. The molecule has 96 valence electrons. The molecule has 2 heterocycles. The maximum atomic E-state index is 5.78. The molecule has 0 aliphatic carbocycles. The highest BCUT2D eigenvalue weighted by atomic mass is 32.1. The lowest BCUT2D eigenvalue weighted by Gasteiger charge is -2.11. The Morgan fingerprint density at radius 2 is 2.11 bits per heavy atom. The second kappa shape index (κ2) is 5.68. The predicted molar refractivity (Wildman–Crippen MR) is 73.9 cm³/mol. The summed E-state index contributed by atoms with van der Waals surface area (Å²) in [6.07, 6.45) is 3.61. The van der Waals surface area contributed by atoms with Gasteiger partial charge in [0.05, 0.1) is 6.10 Å². The summed E-state index contributed by atoms with van der Waals surface area (Å²) in [6, 6.07) is 3.92. The van der Waals surface area contributed by atoms with Crippen LogP contribution in [0.2, 0.25) is 0 Å². The summed E-state index contributed by atoms with van der Waals surface area (Å²) in [7, 11) is 0. The van der Waals surface area contributed by atoms with E-state index >= 15 is 0 Å². The van der Waals surface area contributed by atoms with Gasteiger partial charge in [0.25, 0.3) is 0 Å². The van der Waals surface area contributed by atoms with E-state index in [4.69, 9.17) is 10.5 Å². The fraction of sp³-hybridized carbons (Fsp3) is 0.333. The van der Waals surface area contributed by atoms with Crippen molar-refractivity contribution in [2.24, 2.45) is 0 Å². The number of hydrogen-bond donors (Lipinski definition) is 2. The van der Waals surface area contributed by atoms with E-state index in [1.165, 1.54) is 11.5 Å². The molecule has 2 aromatic rings. The summed E-state index contributed by atoms with van der Waals surface area (Å²) in [5.74, 6) is 1.08. The Morgan fingerprint density at radius 3 is 2.78 bits per heavy atom. The average molecular weight is 264 g/mol. The lowest BCUT2D eigenvalue weighted by atomic mass is 10.3. The third kappa shape index (κ3) is 3.10. The van der Waals surface area contributed by atoms with E-state index in [2.05, 4.69) is 14.7 Å². The van der Waals surface area contributed by atoms with E-state index in [1.54, 1.807) is 12.4 Å². The molecule has 0 unspecified atom stereocenters. The summed E-state index contributed by atoms with van der Waals surface area (Å²) in [5.41, 5.74) is 6.93. The second-order valence-corrected chi connectivity index (χ2v) is 4.88. The molecule has 0 radical (unpaired) electrons. The summed E-state index contributed by atoms with van der Waals surface area (Å²) in [5, 5.41) is 4.14. The fourth-order valence-electron chi connectivity index (χ4n) is 1.44. The number of pyridine rings is 1. The van der Waals surface area contributed by atoms with Crippen LogP contribution in [0.3, 0.4) is 0 Å². The minimum absolute atomic E-state index is 0.0742. The molecule has 0 atom stereocenters. The molecule has 6 heteroatoms. The first-order valence-corrected chi connectivity index (χ1v) is 6.48. The van der Waals surface area contributed by atoms with Gasteiger partial charge in [-0.25, -0.2) is 0 Å². The lowest BCUT2D eigenvalue weighted by Crippen LogP contribution is -2.08. The molecule has 0 amide bonds. The number of hydrogen-bond acceptors (Lipinski definition) is 6. The molecule has 0 aromatic carbocycles. The van der Waals surface area contributed by atoms with Crippen LogP contribution in [0, 0.1) is 0 Å². The quantitative estimate of drug-likeness (QED) is 0.868. The summed E-state index contributed by atoms with van der Waals surface area (Å²) in [4.78, 5) is 3.98. The van der Waals surface area contributed by atoms with Gasteiger partial charge in [0.15, 0.2) is 16.6 Å². The maximum Gasteiger partial charge on any atom is 0.197 e. The van der Waals surface area contributed by atoms with Crippen LogP contribution in [0.5, 0.6) is 5.75 Å². The van der Waals surface area contributed by atoms with Gasteiger partial charge in [-0.2, -0.15) is 4.37 Å². The van der Waals surface area contributed by atoms with Crippen LogP contribution in [0.1, 0.15) is 19.4 Å². The van der Waals surface area contributed by atoms with Gasteiger partial charge >= 0.3 is 0 Å². The van der Waals surface area contributed by atoms with Crippen molar-refractivity contribution in [3.05, 3.63) is 30.1 Å². The van der Waals surface area contributed by atoms with Crippen LogP contribution < -0.4 is 15.8 Å². The van der Waals surface area contributed by atoms with Gasteiger partial charge in [0, 0.05) is 18.9 Å². The molecule has 0 aliphatic heterocycles. The Hall–Kier alpha value is -1.82. The van der Waals surface area contributed by atoms with Gasteiger partial charge < -0.3 is 15.8 Å². The fourth-order valence-corrected chi connectivity index (χ4v) is 2.08. The minimum Gasteiger partial charge on any atom is -0.484 e. The van der Waals surface area contributed by atoms with Crippen LogP contribution in [-0.4, -0.2) is 15.5 Å². The Labute approximate surface area is 110 Å². The van der Waals surface area contributed by atoms with Crippen molar-refractivity contribution < 1.29 is 4.74 Å². The molecule has 0 fully saturated rings. The first-order chi connectivity index (χ1) is 8.66. The van der Waals surface area contributed by atoms with Gasteiger partial charge in [-0.15, -0.1) is 0 Å². The van der Waals surface area contributed by atoms with E-state index in [0.717, 1.165) is 10.6 Å². The molecule has 0 saturated heterocycles. The zero-order valence-electron chi connectivity index (χ0n) is 10.4. The van der Waals surface area contributed by atoms with E-state index in [0.29, 0.717) is 18.1 Å². The second-order valence-electron chi connectivity index (χ2n) is 4.10. The zero-order valence-corrected chi connectivity index (χ0v) is 11.2. The topological polar surface area (TPSA) is 73.1 Å². The zero-order chi connectivity index (χ0) is 13.0. The summed E-state index contributed by atoms with van der Waals surface area (Å²) < 4.78 is 9.75. The first kappa shape index (κ1) is 12.6. The molecule has 5 nitrogen and oxygen atoms in total. The largest absolute Gasteiger partial charge is 0.484 e. The molecule has 18 heavy (non-hydrogen) atoms. The van der Waals surface area contributed by atoms with Gasteiger partial charge in [0.2, 0.25) is 0 Å². The van der Waals surface area contributed by atoms with Crippen molar-refractivity contribution in [3.8, 4) is 5.75 Å². The van der Waals surface area contributed by atoms with Gasteiger partial charge in [-0.3, -0.25) is 4.98 Å². The molecule has 0 aliphatic rings. The van der Waals surface area contributed by atoms with Crippen LogP contribution in [-0.2, 0) is 6.54 Å². The lowest BCUT2D eigenvalue weighted by molar-refractivity contribution is 0.245. The summed E-state index contributed by atoms with van der Waals surface area (Å²) in [6.45, 7) is 4.62. The minimum atomic E-state index is 0.0742. The Kier molecular flexibility index (Phi) is 3.99. The Bertz CT molecular complexity index is 498. The van der Waals surface area contributed by atoms with Crippen molar-refractivity contribution >= 4 is 22.4 Å². The van der Waals surface area contributed by atoms with Gasteiger partial charge in [0.1, 0.15) is 0 Å². The molecule has 2 rings (SSSR count). The highest BCUT2D eigenvalue weighted by Gasteiger charge is 2.14. The van der Waals surface area contributed by atoms with Crippen molar-refractivity contribution in [1.29, 1.82) is 0 Å². The monoisotopic (exact) mass is 264 g/mol. The first-order valence-electron chi connectivity index (χ1n) is 5.71. The number of nitrogens with two attached hydrogens (primary N) is 1. The standard InChI is InChI=1S/C12H16N4OS/c1-8(2)17-10-11(13)16-18-12(10)15-7-9-3-5-14-6-4-9/h3-6,8,15H,7H2,1-2H3,(H2,13,16). The van der Waals surface area contributed by atoms with Crippen LogP contribution >= 0.6 is 11.5 Å². The number of nitrogens with one attached hydrogen (secondary N) is 1. The molecule has 0 saturated carbocycles. The van der Waals surface area contributed by atoms with Crippen molar-refractivity contribution in [1.82, 2.24) is 9.36 Å². The highest BCUT2D eigenvalue weighted by Crippen LogP contribution is 2.36. The number of anilines is 2. The van der Waals surface area contributed by atoms with Crippen molar-refractivity contribution in [2.45, 2.75) is 26.5 Å². The van der Waals surface area contributed by atoms with Crippen molar-refractivity contribution in [2.75, 3.05) is 11.1 Å². The molecular formula is C12H16N4OS. The number of nitrogens with zero attached hydrogens (tertiary/aromatic N) is 2. The van der Waals surface area contributed by atoms with E-state index < -0.39 is 0 Å². The SMILES string of the molecule is CC(C)Oc1c(N)nsc1NCc1ccncc1. The molecular weight excluding hydrogens is 248 g/mol. The Balaban J connectivity index is 2.05. The highest BCUT2D eigenvalue weighted by molar-refractivity contribution is 7.11. The van der Waals surface area contributed by atoms with Crippen LogP contribution in [0.25, 0.3) is 0 Å². The predicted octanol–water partition coefficient (Wildman–Crippen LogP) is 2.52. The third-order valence-electron chi connectivity index (χ3n) is 2.23. The summed E-state index contributed by atoms with van der Waals surface area (Å²) >= 11 is 1.31. The molecule has 2 aromatic heterocycles. The van der Waals surface area contributed by atoms with Gasteiger partial charge in [-0.05, 0) is 43.1 Å². The van der Waals surface area contributed by atoms with E-state index in [9.17, 15) is 0 Å². The van der Waals surface area contributed by atoms with E-state index in [-0.39, 0.29) is 6.10 Å². The maximum absolute atomic E-state index is 5.78. The molecule has 3 N–H and O–H groups in total. The van der Waals surface area contributed by atoms with Crippen LogP contribution in [0.4, 0.5) is 10.8 Å². The van der Waals surface area contributed by atoms with Crippen LogP contribution in [0.15, 0.2) is 24.5 Å². The number of rotatable bonds is 5. The Morgan fingerprint density at radius 1 is 1.39 bits per heavy atom. The number of aromatic nitrogens is 2. The smallest absolute Gasteiger partial charge is 0.197 e. The van der Waals surface area contributed by atoms with Crippen molar-refractivity contribution in [3.63, 3.8) is 0 Å². The normalized spacial score (nSPS) is 10.6. The molecule has 0 bridgehead atoms. The average Bonchev–Trinajstić information content (AvgIpc) is 2.69. The van der Waals surface area contributed by atoms with Gasteiger partial charge in [-0.1, -0.05) is 0 Å². The molecule has 0 spiro atoms. The van der Waals surface area contributed by atoms with E-state index in [1.807, 2.05) is 26.0 Å². The number of nitrogen functional groups attached to an aromatic ring is 1.